The summed E-state index contributed by atoms with van der Waals surface area (Å²) in [5.74, 6) is -0.659. The molecule has 0 radical (unpaired) electrons. The second-order valence-corrected chi connectivity index (χ2v) is 7.40. The van der Waals surface area contributed by atoms with Gasteiger partial charge in [-0.05, 0) is 54.4 Å². The van der Waals surface area contributed by atoms with E-state index in [-0.39, 0.29) is 40.9 Å². The van der Waals surface area contributed by atoms with Gasteiger partial charge in [-0.25, -0.2) is 0 Å². The Morgan fingerprint density at radius 3 is 2.12 bits per heavy atom. The van der Waals surface area contributed by atoms with Crippen molar-refractivity contribution in [2.24, 2.45) is 29.1 Å². The number of hydrazine groups is 1. The highest BCUT2D eigenvalue weighted by Gasteiger charge is 2.73. The van der Waals surface area contributed by atoms with Gasteiger partial charge in [0.1, 0.15) is 5.75 Å². The van der Waals surface area contributed by atoms with Crippen molar-refractivity contribution in [3.63, 3.8) is 0 Å². The molecule has 1 aromatic carbocycles. The van der Waals surface area contributed by atoms with E-state index in [1.165, 1.54) is 0 Å². The van der Waals surface area contributed by atoms with Crippen molar-refractivity contribution in [1.29, 1.82) is 0 Å². The lowest BCUT2D eigenvalue weighted by atomic mass is 9.85. The van der Waals surface area contributed by atoms with Gasteiger partial charge >= 0.3 is 0 Å². The molecule has 2 saturated carbocycles. The van der Waals surface area contributed by atoms with Gasteiger partial charge in [0.25, 0.3) is 17.7 Å². The molecule has 3 fully saturated rings. The van der Waals surface area contributed by atoms with Crippen molar-refractivity contribution in [2.75, 3.05) is 7.11 Å². The quantitative estimate of drug-likeness (QED) is 0.670. The van der Waals surface area contributed by atoms with Crippen molar-refractivity contribution in [2.45, 2.75) is 12.8 Å². The monoisotopic (exact) mass is 338 g/mol. The third kappa shape index (κ3) is 1.77. The molecule has 1 N–H and O–H groups in total. The molecule has 1 saturated heterocycles. The van der Waals surface area contributed by atoms with E-state index >= 15 is 0 Å². The minimum absolute atomic E-state index is 0.154. The van der Waals surface area contributed by atoms with Crippen LogP contribution in [0.5, 0.6) is 5.75 Å². The summed E-state index contributed by atoms with van der Waals surface area (Å²) in [6.45, 7) is 0. The summed E-state index contributed by atoms with van der Waals surface area (Å²) in [6, 6.07) is 6.53. The Labute approximate surface area is 144 Å². The van der Waals surface area contributed by atoms with Crippen molar-refractivity contribution in [1.82, 2.24) is 10.4 Å². The Kier molecular flexibility index (Phi) is 2.77. The summed E-state index contributed by atoms with van der Waals surface area (Å²) in [4.78, 5) is 38.0. The molecular formula is C19H18N2O4. The number of nitrogens with zero attached hydrogens (tertiary/aromatic N) is 1. The lowest BCUT2D eigenvalue weighted by Gasteiger charge is -2.22. The second-order valence-electron chi connectivity index (χ2n) is 7.40. The van der Waals surface area contributed by atoms with Crippen LogP contribution < -0.4 is 10.2 Å². The zero-order chi connectivity index (χ0) is 17.3. The standard InChI is InChI=1S/C19H18N2O4/c1-25-11-4-2-10(3-5-11)16(22)20-21-17(23)14-12-6-7-13(15(14)18(21)24)19(12)8-9-19/h2-7,12-15H,8-9H2,1H3,(H,20,22)/t12-,13-,14-,15-/m1/s1. The van der Waals surface area contributed by atoms with Crippen LogP contribution in [0.4, 0.5) is 0 Å². The zero-order valence-corrected chi connectivity index (χ0v) is 13.8. The smallest absolute Gasteiger partial charge is 0.270 e. The largest absolute Gasteiger partial charge is 0.497 e. The number of hydrogen-bond acceptors (Lipinski definition) is 4. The predicted molar refractivity (Wildman–Crippen MR) is 87.1 cm³/mol. The number of carbonyl (C=O) groups is 3. The third-order valence-corrected chi connectivity index (χ3v) is 6.42. The number of imide groups is 1. The molecule has 25 heavy (non-hydrogen) atoms. The molecule has 3 aliphatic carbocycles. The number of rotatable bonds is 3. The molecule has 1 aromatic rings. The average molecular weight is 338 g/mol. The summed E-state index contributed by atoms with van der Waals surface area (Å²) in [7, 11) is 1.55. The van der Waals surface area contributed by atoms with E-state index in [4.69, 9.17) is 4.74 Å². The van der Waals surface area contributed by atoms with E-state index < -0.39 is 5.91 Å². The fraction of sp³-hybridized carbons (Fsp3) is 0.421. The first-order valence-corrected chi connectivity index (χ1v) is 8.58. The van der Waals surface area contributed by atoms with Gasteiger partial charge in [-0.3, -0.25) is 19.8 Å². The Balaban J connectivity index is 1.37. The van der Waals surface area contributed by atoms with Crippen LogP contribution in [0.3, 0.4) is 0 Å². The molecule has 6 heteroatoms. The lowest BCUT2D eigenvalue weighted by molar-refractivity contribution is -0.144. The van der Waals surface area contributed by atoms with Crippen LogP contribution in [0.25, 0.3) is 0 Å². The van der Waals surface area contributed by atoms with Gasteiger partial charge in [0.05, 0.1) is 18.9 Å². The predicted octanol–water partition coefficient (Wildman–Crippen LogP) is 1.54. The Bertz CT molecular complexity index is 790. The van der Waals surface area contributed by atoms with Gasteiger partial charge in [-0.2, -0.15) is 5.01 Å². The van der Waals surface area contributed by atoms with Gasteiger partial charge in [0, 0.05) is 5.56 Å². The first-order chi connectivity index (χ1) is 12.1. The Morgan fingerprint density at radius 1 is 1.08 bits per heavy atom. The normalized spacial score (nSPS) is 33.1. The SMILES string of the molecule is COc1ccc(C(=O)NN2C(=O)[C@H]3[C@H](C2=O)[C@H]2C=C[C@H]3C23CC3)cc1. The second kappa shape index (κ2) is 4.71. The Hall–Kier alpha value is -2.63. The topological polar surface area (TPSA) is 75.7 Å². The molecule has 1 spiro atoms. The van der Waals surface area contributed by atoms with Gasteiger partial charge in [-0.1, -0.05) is 12.2 Å². The first-order valence-electron chi connectivity index (χ1n) is 8.58. The van der Waals surface area contributed by atoms with Crippen LogP contribution >= 0.6 is 0 Å². The van der Waals surface area contributed by atoms with E-state index in [2.05, 4.69) is 17.6 Å². The maximum Gasteiger partial charge on any atom is 0.270 e. The van der Waals surface area contributed by atoms with E-state index in [0.717, 1.165) is 17.9 Å². The number of methoxy groups -OCH3 is 1. The summed E-state index contributed by atoms with van der Waals surface area (Å²) >= 11 is 0. The number of nitrogens with one attached hydrogen (secondary N) is 1. The highest BCUT2D eigenvalue weighted by Crippen LogP contribution is 2.73. The minimum Gasteiger partial charge on any atom is -0.497 e. The van der Waals surface area contributed by atoms with Crippen molar-refractivity contribution in [3.05, 3.63) is 42.0 Å². The van der Waals surface area contributed by atoms with E-state index in [9.17, 15) is 14.4 Å². The lowest BCUT2D eigenvalue weighted by Crippen LogP contribution is -2.47. The van der Waals surface area contributed by atoms with Gasteiger partial charge in [0.2, 0.25) is 0 Å². The van der Waals surface area contributed by atoms with Crippen molar-refractivity contribution in [3.8, 4) is 5.75 Å². The molecule has 5 rings (SSSR count). The molecule has 4 aliphatic rings. The van der Waals surface area contributed by atoms with Crippen molar-refractivity contribution < 1.29 is 19.1 Å². The van der Waals surface area contributed by atoms with Crippen LogP contribution in [-0.4, -0.2) is 29.8 Å². The maximum absolute atomic E-state index is 12.8. The van der Waals surface area contributed by atoms with E-state index in [0.29, 0.717) is 11.3 Å². The Morgan fingerprint density at radius 2 is 1.64 bits per heavy atom. The maximum atomic E-state index is 12.8. The first kappa shape index (κ1) is 14.7. The van der Waals surface area contributed by atoms with Gasteiger partial charge in [0.15, 0.2) is 0 Å². The molecule has 6 nitrogen and oxygen atoms in total. The number of benzene rings is 1. The molecular weight excluding hydrogens is 320 g/mol. The molecule has 128 valence electrons. The van der Waals surface area contributed by atoms with Crippen LogP contribution in [0.1, 0.15) is 23.2 Å². The van der Waals surface area contributed by atoms with Crippen LogP contribution in [0, 0.1) is 29.1 Å². The highest BCUT2D eigenvalue weighted by molar-refractivity contribution is 6.09. The fourth-order valence-electron chi connectivity index (χ4n) is 5.10. The number of allylic oxidation sites excluding steroid dienone is 2. The number of fused-ring (bicyclic) bond motifs is 3. The fourth-order valence-corrected chi connectivity index (χ4v) is 5.10. The molecule has 1 heterocycles. The summed E-state index contributed by atoms with van der Waals surface area (Å²) in [5.41, 5.74) is 3.04. The van der Waals surface area contributed by atoms with Crippen molar-refractivity contribution >= 4 is 17.7 Å². The molecule has 4 atom stereocenters. The molecule has 3 amide bonds. The summed E-state index contributed by atoms with van der Waals surface area (Å²) < 4.78 is 5.07. The number of carbonyl (C=O) groups excluding carboxylic acids is 3. The zero-order valence-electron chi connectivity index (χ0n) is 13.8. The van der Waals surface area contributed by atoms with Gasteiger partial charge in [-0.15, -0.1) is 0 Å². The molecule has 2 bridgehead atoms. The average Bonchev–Trinajstić information content (AvgIpc) is 3.24. The molecule has 1 aliphatic heterocycles. The van der Waals surface area contributed by atoms with Gasteiger partial charge < -0.3 is 4.74 Å². The number of hydrogen-bond donors (Lipinski definition) is 1. The third-order valence-electron chi connectivity index (χ3n) is 6.42. The highest BCUT2D eigenvalue weighted by atomic mass is 16.5. The summed E-state index contributed by atoms with van der Waals surface area (Å²) in [6.07, 6.45) is 6.42. The van der Waals surface area contributed by atoms with E-state index in [1.807, 2.05) is 0 Å². The molecule has 0 aromatic heterocycles. The van der Waals surface area contributed by atoms with Crippen LogP contribution in [0.2, 0.25) is 0 Å². The van der Waals surface area contributed by atoms with E-state index in [1.54, 1.807) is 31.4 Å². The number of ether oxygens (including phenoxy) is 1. The molecule has 0 unspecified atom stereocenters. The summed E-state index contributed by atoms with van der Waals surface area (Å²) in [5, 5.41) is 0.949. The number of amides is 3. The van der Waals surface area contributed by atoms with Crippen LogP contribution in [-0.2, 0) is 9.59 Å². The minimum atomic E-state index is -0.467. The van der Waals surface area contributed by atoms with Crippen LogP contribution in [0.15, 0.2) is 36.4 Å².